The average Bonchev–Trinajstić information content (AvgIpc) is 3.31. The summed E-state index contributed by atoms with van der Waals surface area (Å²) in [6.45, 7) is 1.66. The number of benzene rings is 1. The predicted molar refractivity (Wildman–Crippen MR) is 117 cm³/mol. The number of thioether (sulfide) groups is 1. The number of hydrogen-bond donors (Lipinski definition) is 1. The molecule has 3 amide bonds. The molecule has 0 spiro atoms. The van der Waals surface area contributed by atoms with Crippen molar-refractivity contribution in [2.75, 3.05) is 6.54 Å². The van der Waals surface area contributed by atoms with Gasteiger partial charge in [0.15, 0.2) is 0 Å². The molecule has 1 aliphatic carbocycles. The summed E-state index contributed by atoms with van der Waals surface area (Å²) in [7, 11) is 0. The quantitative estimate of drug-likeness (QED) is 0.713. The molecule has 7 heteroatoms. The molecule has 1 unspecified atom stereocenters. The van der Waals surface area contributed by atoms with Crippen molar-refractivity contribution in [1.82, 2.24) is 10.2 Å². The number of amides is 3. The molecule has 5 nitrogen and oxygen atoms in total. The van der Waals surface area contributed by atoms with Gasteiger partial charge in [0.25, 0.3) is 11.1 Å². The molecule has 150 valence electrons. The zero-order valence-electron chi connectivity index (χ0n) is 16.1. The van der Waals surface area contributed by atoms with Gasteiger partial charge in [0.2, 0.25) is 5.91 Å². The lowest BCUT2D eigenvalue weighted by Crippen LogP contribution is -2.40. The molecular weight excluding hydrogens is 404 g/mol. The number of imide groups is 1. The second-order valence-corrected chi connectivity index (χ2v) is 9.28. The number of nitrogens with zero attached hydrogens (tertiary/aromatic N) is 1. The zero-order valence-corrected chi connectivity index (χ0v) is 17.8. The van der Waals surface area contributed by atoms with Crippen LogP contribution >= 0.6 is 23.1 Å². The Balaban J connectivity index is 1.39. The molecule has 0 saturated carbocycles. The fourth-order valence-corrected chi connectivity index (χ4v) is 5.24. The van der Waals surface area contributed by atoms with Crippen molar-refractivity contribution in [3.8, 4) is 0 Å². The third-order valence-corrected chi connectivity index (χ3v) is 6.97. The molecule has 2 heterocycles. The van der Waals surface area contributed by atoms with Gasteiger partial charge in [0, 0.05) is 4.88 Å². The molecule has 1 saturated heterocycles. The first kappa shape index (κ1) is 19.9. The molecule has 1 aromatic heterocycles. The Morgan fingerprint density at radius 3 is 2.76 bits per heavy atom. The van der Waals surface area contributed by atoms with Crippen molar-refractivity contribution < 1.29 is 14.4 Å². The highest BCUT2D eigenvalue weighted by Crippen LogP contribution is 2.33. The maximum atomic E-state index is 12.5. The molecule has 0 radical (unpaired) electrons. The summed E-state index contributed by atoms with van der Waals surface area (Å²) in [6, 6.07) is 9.96. The van der Waals surface area contributed by atoms with Crippen LogP contribution in [0.5, 0.6) is 0 Å². The van der Waals surface area contributed by atoms with Crippen molar-refractivity contribution in [1.29, 1.82) is 0 Å². The third kappa shape index (κ3) is 4.46. The van der Waals surface area contributed by atoms with E-state index in [1.54, 1.807) is 6.08 Å². The highest BCUT2D eigenvalue weighted by molar-refractivity contribution is 8.18. The largest absolute Gasteiger partial charge is 0.348 e. The molecule has 2 aromatic rings. The molecule has 4 rings (SSSR count). The third-order valence-electron chi connectivity index (χ3n) is 5.24. The molecule has 1 fully saturated rings. The van der Waals surface area contributed by atoms with Crippen LogP contribution in [0, 0.1) is 0 Å². The summed E-state index contributed by atoms with van der Waals surface area (Å²) in [6.07, 6.45) is 6.34. The molecule has 29 heavy (non-hydrogen) atoms. The second-order valence-electron chi connectivity index (χ2n) is 7.31. The van der Waals surface area contributed by atoms with Crippen molar-refractivity contribution in [2.45, 2.75) is 38.6 Å². The van der Waals surface area contributed by atoms with E-state index in [1.807, 2.05) is 24.4 Å². The van der Waals surface area contributed by atoms with Crippen molar-refractivity contribution >= 4 is 46.2 Å². The van der Waals surface area contributed by atoms with Crippen LogP contribution in [0.25, 0.3) is 6.08 Å². The van der Waals surface area contributed by atoms with Crippen LogP contribution in [0.3, 0.4) is 0 Å². The first-order valence-corrected chi connectivity index (χ1v) is 11.4. The Morgan fingerprint density at radius 1 is 1.21 bits per heavy atom. The van der Waals surface area contributed by atoms with Crippen LogP contribution in [0.15, 0.2) is 40.6 Å². The minimum absolute atomic E-state index is 0.184. The van der Waals surface area contributed by atoms with Gasteiger partial charge in [-0.25, -0.2) is 0 Å². The highest BCUT2D eigenvalue weighted by Gasteiger charge is 2.36. The summed E-state index contributed by atoms with van der Waals surface area (Å²) in [5, 5.41) is 4.42. The number of carbonyl (C=O) groups excluding carboxylic acids is 3. The van der Waals surface area contributed by atoms with Gasteiger partial charge in [-0.1, -0.05) is 24.3 Å². The van der Waals surface area contributed by atoms with Crippen LogP contribution < -0.4 is 5.32 Å². The fraction of sp³-hybridized carbons (Fsp3) is 0.318. The summed E-state index contributed by atoms with van der Waals surface area (Å²) in [5.74, 6) is -0.750. The van der Waals surface area contributed by atoms with Gasteiger partial charge in [0.05, 0.1) is 10.9 Å². The Kier molecular flexibility index (Phi) is 5.87. The molecule has 1 aliphatic heterocycles. The first-order chi connectivity index (χ1) is 14.0. The molecular formula is C22H22N2O3S2. The van der Waals surface area contributed by atoms with E-state index >= 15 is 0 Å². The Morgan fingerprint density at radius 2 is 2.00 bits per heavy atom. The van der Waals surface area contributed by atoms with Gasteiger partial charge in [-0.3, -0.25) is 19.3 Å². The van der Waals surface area contributed by atoms with Gasteiger partial charge in [-0.2, -0.15) is 0 Å². The summed E-state index contributed by atoms with van der Waals surface area (Å²) >= 11 is 2.37. The Bertz CT molecular complexity index is 982. The fourth-order valence-electron chi connectivity index (χ4n) is 3.68. The number of thiophene rings is 1. The van der Waals surface area contributed by atoms with E-state index in [4.69, 9.17) is 0 Å². The van der Waals surface area contributed by atoms with E-state index < -0.39 is 11.1 Å². The Labute approximate surface area is 178 Å². The maximum Gasteiger partial charge on any atom is 0.294 e. The van der Waals surface area contributed by atoms with Gasteiger partial charge in [0.1, 0.15) is 6.54 Å². The van der Waals surface area contributed by atoms with Crippen molar-refractivity contribution in [3.05, 3.63) is 62.2 Å². The van der Waals surface area contributed by atoms with Gasteiger partial charge in [-0.05, 0) is 78.6 Å². The summed E-state index contributed by atoms with van der Waals surface area (Å²) in [4.78, 5) is 39.5. The van der Waals surface area contributed by atoms with E-state index in [0.29, 0.717) is 4.91 Å². The Hall–Kier alpha value is -2.38. The monoisotopic (exact) mass is 426 g/mol. The molecule has 0 bridgehead atoms. The van der Waals surface area contributed by atoms with Gasteiger partial charge >= 0.3 is 0 Å². The molecule has 1 aromatic carbocycles. The first-order valence-electron chi connectivity index (χ1n) is 9.71. The smallest absolute Gasteiger partial charge is 0.294 e. The van der Waals surface area contributed by atoms with Gasteiger partial charge in [-0.15, -0.1) is 11.3 Å². The number of hydrogen-bond acceptors (Lipinski definition) is 5. The molecule has 1 atom stereocenters. The average molecular weight is 427 g/mol. The topological polar surface area (TPSA) is 66.5 Å². The second kappa shape index (κ2) is 8.55. The minimum Gasteiger partial charge on any atom is -0.348 e. The van der Waals surface area contributed by atoms with Gasteiger partial charge < -0.3 is 5.32 Å². The standard InChI is InChI=1S/C22H22N2O3S2/c1-14(16-9-8-15-5-2-3-6-17(15)11-16)23-20(25)13-24-21(26)19(29-22(24)27)12-18-7-4-10-28-18/h4,7-12,14H,2-3,5-6,13H2,1H3,(H,23,25)/b19-12-. The van der Waals surface area contributed by atoms with Crippen molar-refractivity contribution in [3.63, 3.8) is 0 Å². The van der Waals surface area contributed by atoms with E-state index in [1.165, 1.54) is 35.3 Å². The maximum absolute atomic E-state index is 12.5. The lowest BCUT2D eigenvalue weighted by Gasteiger charge is -2.21. The number of nitrogens with one attached hydrogen (secondary N) is 1. The van der Waals surface area contributed by atoms with Crippen LogP contribution in [0.4, 0.5) is 4.79 Å². The van der Waals surface area contributed by atoms with E-state index in [2.05, 4.69) is 23.5 Å². The van der Waals surface area contributed by atoms with Crippen LogP contribution in [0.1, 0.15) is 47.4 Å². The van der Waals surface area contributed by atoms with E-state index in [-0.39, 0.29) is 18.5 Å². The normalized spacial score (nSPS) is 18.8. The lowest BCUT2D eigenvalue weighted by atomic mass is 9.89. The number of fused-ring (bicyclic) bond motifs is 1. The number of carbonyl (C=O) groups is 3. The van der Waals surface area contributed by atoms with Crippen LogP contribution in [0.2, 0.25) is 0 Å². The SMILES string of the molecule is CC(NC(=O)CN1C(=O)S/C(=C\c2cccs2)C1=O)c1ccc2c(c1)CCCC2. The molecule has 2 aliphatic rings. The molecule has 1 N–H and O–H groups in total. The number of aryl methyl sites for hydroxylation is 2. The van der Waals surface area contributed by atoms with Crippen molar-refractivity contribution in [2.24, 2.45) is 0 Å². The van der Waals surface area contributed by atoms with E-state index in [9.17, 15) is 14.4 Å². The number of rotatable bonds is 5. The zero-order chi connectivity index (χ0) is 20.4. The van der Waals surface area contributed by atoms with Crippen LogP contribution in [-0.4, -0.2) is 28.5 Å². The highest BCUT2D eigenvalue weighted by atomic mass is 32.2. The van der Waals surface area contributed by atoms with E-state index in [0.717, 1.165) is 39.9 Å². The predicted octanol–water partition coefficient (Wildman–Crippen LogP) is 4.54. The van der Waals surface area contributed by atoms with Crippen LogP contribution in [-0.2, 0) is 22.4 Å². The summed E-state index contributed by atoms with van der Waals surface area (Å²) < 4.78 is 0. The lowest BCUT2D eigenvalue weighted by molar-refractivity contribution is -0.129. The minimum atomic E-state index is -0.412. The summed E-state index contributed by atoms with van der Waals surface area (Å²) in [5.41, 5.74) is 3.80.